The zero-order valence-electron chi connectivity index (χ0n) is 15.5. The number of urea groups is 1. The predicted octanol–water partition coefficient (Wildman–Crippen LogP) is 3.30. The molecule has 1 unspecified atom stereocenters. The number of hydrogen-bond donors (Lipinski definition) is 1. The SMILES string of the molecule is CC1c2nnc(C3CCCC3)n2CCN1C(=O)Nc1cnn(CC(F)(F)F)c1. The number of alkyl halides is 3. The Bertz CT molecular complexity index is 853. The van der Waals surface area contributed by atoms with Crippen molar-refractivity contribution in [2.45, 2.75) is 63.8 Å². The Labute approximate surface area is 159 Å². The molecule has 3 heterocycles. The summed E-state index contributed by atoms with van der Waals surface area (Å²) in [5.74, 6) is 2.19. The van der Waals surface area contributed by atoms with Crippen molar-refractivity contribution >= 4 is 11.7 Å². The molecule has 0 spiro atoms. The molecule has 1 N–H and O–H groups in total. The molecule has 0 bridgehead atoms. The van der Waals surface area contributed by atoms with Crippen molar-refractivity contribution in [3.05, 3.63) is 24.0 Å². The first-order valence-electron chi connectivity index (χ1n) is 9.41. The molecule has 0 radical (unpaired) electrons. The topological polar surface area (TPSA) is 80.9 Å². The number of carbonyl (C=O) groups is 1. The molecule has 28 heavy (non-hydrogen) atoms. The second-order valence-electron chi connectivity index (χ2n) is 7.39. The number of carbonyl (C=O) groups excluding carboxylic acids is 1. The van der Waals surface area contributed by atoms with Crippen LogP contribution in [-0.2, 0) is 13.1 Å². The van der Waals surface area contributed by atoms with E-state index in [2.05, 4.69) is 25.2 Å². The number of halogens is 3. The van der Waals surface area contributed by atoms with Gasteiger partial charge in [-0.05, 0) is 19.8 Å². The van der Waals surface area contributed by atoms with Crippen molar-refractivity contribution in [3.8, 4) is 0 Å². The molecule has 1 saturated carbocycles. The molecule has 1 atom stereocenters. The number of nitrogens with one attached hydrogen (secondary N) is 1. The molecule has 1 aliphatic carbocycles. The minimum atomic E-state index is -4.37. The molecule has 4 rings (SSSR count). The van der Waals surface area contributed by atoms with E-state index in [0.29, 0.717) is 19.0 Å². The summed E-state index contributed by atoms with van der Waals surface area (Å²) in [4.78, 5) is 14.3. The van der Waals surface area contributed by atoms with E-state index in [1.807, 2.05) is 6.92 Å². The Kier molecular flexibility index (Phi) is 4.76. The number of aromatic nitrogens is 5. The third-order valence-electron chi connectivity index (χ3n) is 5.42. The van der Waals surface area contributed by atoms with Gasteiger partial charge < -0.3 is 14.8 Å². The third kappa shape index (κ3) is 3.69. The first-order valence-corrected chi connectivity index (χ1v) is 9.41. The Morgan fingerprint density at radius 1 is 1.21 bits per heavy atom. The van der Waals surface area contributed by atoms with Gasteiger partial charge in [-0.25, -0.2) is 4.79 Å². The number of fused-ring (bicyclic) bond motifs is 1. The van der Waals surface area contributed by atoms with E-state index in [1.165, 1.54) is 25.2 Å². The molecular weight excluding hydrogens is 375 g/mol. The van der Waals surface area contributed by atoms with Crippen LogP contribution in [0, 0.1) is 0 Å². The molecule has 1 fully saturated rings. The molecule has 0 aromatic carbocycles. The summed E-state index contributed by atoms with van der Waals surface area (Å²) in [6, 6.07) is -0.669. The summed E-state index contributed by atoms with van der Waals surface area (Å²) >= 11 is 0. The van der Waals surface area contributed by atoms with Gasteiger partial charge in [0.2, 0.25) is 0 Å². The summed E-state index contributed by atoms with van der Waals surface area (Å²) < 4.78 is 40.2. The molecule has 2 aromatic heterocycles. The summed E-state index contributed by atoms with van der Waals surface area (Å²) in [5, 5.41) is 15.0. The molecule has 11 heteroatoms. The van der Waals surface area contributed by atoms with Crippen molar-refractivity contribution in [3.63, 3.8) is 0 Å². The normalized spacial score (nSPS) is 20.4. The highest BCUT2D eigenvalue weighted by Crippen LogP contribution is 2.35. The first kappa shape index (κ1) is 18.8. The monoisotopic (exact) mass is 397 g/mol. The van der Waals surface area contributed by atoms with Crippen LogP contribution in [-0.4, -0.2) is 48.2 Å². The Balaban J connectivity index is 1.43. The maximum absolute atomic E-state index is 12.6. The molecular formula is C17H22F3N7O. The van der Waals surface area contributed by atoms with Gasteiger partial charge in [-0.3, -0.25) is 4.68 Å². The standard InChI is InChI=1S/C17H22F3N7O/c1-11-14-23-24-15(12-4-2-3-5-12)27(14)7-6-26(11)16(28)22-13-8-21-25(9-13)10-17(18,19)20/h8-9,11-12H,2-7,10H2,1H3,(H,22,28). The maximum atomic E-state index is 12.6. The minimum absolute atomic E-state index is 0.222. The second-order valence-corrected chi connectivity index (χ2v) is 7.39. The van der Waals surface area contributed by atoms with Gasteiger partial charge in [0.1, 0.15) is 12.4 Å². The quantitative estimate of drug-likeness (QED) is 0.862. The van der Waals surface area contributed by atoms with Crippen LogP contribution in [0.1, 0.15) is 56.2 Å². The van der Waals surface area contributed by atoms with Crippen LogP contribution < -0.4 is 5.32 Å². The van der Waals surface area contributed by atoms with Crippen LogP contribution in [0.2, 0.25) is 0 Å². The van der Waals surface area contributed by atoms with Crippen molar-refractivity contribution in [2.24, 2.45) is 0 Å². The average Bonchev–Trinajstić information content (AvgIpc) is 3.33. The second kappa shape index (κ2) is 7.10. The summed E-state index contributed by atoms with van der Waals surface area (Å²) in [5.41, 5.74) is 0.222. The first-order chi connectivity index (χ1) is 13.3. The Morgan fingerprint density at radius 2 is 1.93 bits per heavy atom. The van der Waals surface area contributed by atoms with Crippen LogP contribution in [0.3, 0.4) is 0 Å². The summed E-state index contributed by atoms with van der Waals surface area (Å²) in [6.07, 6.45) is 2.67. The lowest BCUT2D eigenvalue weighted by Crippen LogP contribution is -2.43. The Morgan fingerprint density at radius 3 is 2.64 bits per heavy atom. The van der Waals surface area contributed by atoms with Crippen LogP contribution in [0.25, 0.3) is 0 Å². The smallest absolute Gasteiger partial charge is 0.313 e. The largest absolute Gasteiger partial charge is 0.408 e. The van der Waals surface area contributed by atoms with Gasteiger partial charge in [-0.2, -0.15) is 18.3 Å². The van der Waals surface area contributed by atoms with Crippen LogP contribution in [0.5, 0.6) is 0 Å². The Hall–Kier alpha value is -2.59. The van der Waals surface area contributed by atoms with Gasteiger partial charge >= 0.3 is 12.2 Å². The van der Waals surface area contributed by atoms with Gasteiger partial charge in [-0.1, -0.05) is 12.8 Å². The van der Waals surface area contributed by atoms with Crippen LogP contribution >= 0.6 is 0 Å². The predicted molar refractivity (Wildman–Crippen MR) is 93.7 cm³/mol. The molecule has 2 aliphatic rings. The fourth-order valence-electron chi connectivity index (χ4n) is 4.06. The lowest BCUT2D eigenvalue weighted by Gasteiger charge is -2.34. The highest BCUT2D eigenvalue weighted by Gasteiger charge is 2.34. The minimum Gasteiger partial charge on any atom is -0.313 e. The lowest BCUT2D eigenvalue weighted by atomic mass is 10.1. The van der Waals surface area contributed by atoms with Crippen LogP contribution in [0.4, 0.5) is 23.7 Å². The van der Waals surface area contributed by atoms with Crippen LogP contribution in [0.15, 0.2) is 12.4 Å². The molecule has 2 amide bonds. The number of amides is 2. The van der Waals surface area contributed by atoms with E-state index in [9.17, 15) is 18.0 Å². The van der Waals surface area contributed by atoms with Crippen molar-refractivity contribution < 1.29 is 18.0 Å². The highest BCUT2D eigenvalue weighted by atomic mass is 19.4. The third-order valence-corrected chi connectivity index (χ3v) is 5.42. The summed E-state index contributed by atoms with van der Waals surface area (Å²) in [6.45, 7) is 1.77. The number of hydrogen-bond acceptors (Lipinski definition) is 4. The summed E-state index contributed by atoms with van der Waals surface area (Å²) in [7, 11) is 0. The molecule has 1 aliphatic heterocycles. The van der Waals surface area contributed by atoms with Gasteiger partial charge in [-0.15, -0.1) is 10.2 Å². The van der Waals surface area contributed by atoms with E-state index >= 15 is 0 Å². The highest BCUT2D eigenvalue weighted by molar-refractivity contribution is 5.89. The van der Waals surface area contributed by atoms with E-state index in [4.69, 9.17) is 0 Å². The van der Waals surface area contributed by atoms with Crippen molar-refractivity contribution in [1.82, 2.24) is 29.4 Å². The average molecular weight is 397 g/mol. The zero-order valence-corrected chi connectivity index (χ0v) is 15.5. The van der Waals surface area contributed by atoms with Gasteiger partial charge in [0.25, 0.3) is 0 Å². The van der Waals surface area contributed by atoms with Gasteiger partial charge in [0.15, 0.2) is 5.82 Å². The van der Waals surface area contributed by atoms with Gasteiger partial charge in [0.05, 0.1) is 17.9 Å². The van der Waals surface area contributed by atoms with E-state index < -0.39 is 18.8 Å². The zero-order chi connectivity index (χ0) is 19.9. The molecule has 2 aromatic rings. The van der Waals surface area contributed by atoms with E-state index in [-0.39, 0.29) is 11.7 Å². The fraction of sp³-hybridized carbons (Fsp3) is 0.647. The van der Waals surface area contributed by atoms with Crippen molar-refractivity contribution in [1.29, 1.82) is 0 Å². The lowest BCUT2D eigenvalue weighted by molar-refractivity contribution is -0.142. The number of anilines is 1. The van der Waals surface area contributed by atoms with E-state index in [1.54, 1.807) is 4.90 Å². The molecule has 0 saturated heterocycles. The molecule has 8 nitrogen and oxygen atoms in total. The number of nitrogens with zero attached hydrogens (tertiary/aromatic N) is 6. The van der Waals surface area contributed by atoms with Crippen molar-refractivity contribution in [2.75, 3.05) is 11.9 Å². The fourth-order valence-corrected chi connectivity index (χ4v) is 4.06. The van der Waals surface area contributed by atoms with Gasteiger partial charge in [0, 0.05) is 25.2 Å². The maximum Gasteiger partial charge on any atom is 0.408 e. The van der Waals surface area contributed by atoms with E-state index in [0.717, 1.165) is 29.2 Å². The number of rotatable bonds is 3. The molecule has 152 valence electrons.